The van der Waals surface area contributed by atoms with Crippen molar-refractivity contribution in [3.8, 4) is 28.7 Å². The number of rotatable bonds is 3. The second kappa shape index (κ2) is 8.86. The molecule has 4 N–H and O–H groups in total. The molecular weight excluding hydrogens is 456 g/mol. The number of aliphatic hydroxyl groups excluding tert-OH is 1. The molecule has 6 nitrogen and oxygen atoms in total. The number of phenolic OH excluding ortho intramolecular Hbond substituents is 3. The first kappa shape index (κ1) is 22.4. The Kier molecular flexibility index (Phi) is 5.52. The average Bonchev–Trinajstić information content (AvgIpc) is 2.88. The van der Waals surface area contributed by atoms with Gasteiger partial charge < -0.3 is 29.9 Å². The summed E-state index contributed by atoms with van der Waals surface area (Å²) in [6.45, 7) is 0.918. The molecule has 3 aromatic carbocycles. The van der Waals surface area contributed by atoms with Gasteiger partial charge in [0.25, 0.3) is 0 Å². The normalized spacial score (nSPS) is 24.9. The summed E-state index contributed by atoms with van der Waals surface area (Å²) < 4.78 is 12.1. The van der Waals surface area contributed by atoms with Gasteiger partial charge in [0.1, 0.15) is 28.7 Å². The molecule has 184 valence electrons. The fourth-order valence-electron chi connectivity index (χ4n) is 5.90. The monoisotopic (exact) mass is 484 g/mol. The van der Waals surface area contributed by atoms with Gasteiger partial charge in [0.2, 0.25) is 0 Å². The summed E-state index contributed by atoms with van der Waals surface area (Å²) in [6, 6.07) is 17.6. The van der Waals surface area contributed by atoms with Crippen molar-refractivity contribution in [2.24, 2.45) is 11.8 Å². The van der Waals surface area contributed by atoms with Crippen LogP contribution in [0.1, 0.15) is 34.9 Å². The van der Waals surface area contributed by atoms with E-state index in [0.29, 0.717) is 31.1 Å². The highest BCUT2D eigenvalue weighted by Gasteiger charge is 2.41. The number of allylic oxidation sites excluding steroid dienone is 3. The predicted molar refractivity (Wildman–Crippen MR) is 135 cm³/mol. The van der Waals surface area contributed by atoms with Gasteiger partial charge in [-0.2, -0.15) is 0 Å². The maximum Gasteiger partial charge on any atom is 0.126 e. The quantitative estimate of drug-likeness (QED) is 0.381. The topological polar surface area (TPSA) is 99.4 Å². The minimum absolute atomic E-state index is 0.0474. The second-order valence-electron chi connectivity index (χ2n) is 9.90. The Morgan fingerprint density at radius 3 is 2.14 bits per heavy atom. The summed E-state index contributed by atoms with van der Waals surface area (Å²) in [5.41, 5.74) is 4.25. The molecular formula is C30H28O6. The van der Waals surface area contributed by atoms with E-state index in [1.54, 1.807) is 42.5 Å². The van der Waals surface area contributed by atoms with Crippen molar-refractivity contribution in [3.63, 3.8) is 0 Å². The Hall–Kier alpha value is -4.06. The van der Waals surface area contributed by atoms with Crippen molar-refractivity contribution >= 4 is 0 Å². The van der Waals surface area contributed by atoms with Gasteiger partial charge in [-0.25, -0.2) is 0 Å². The van der Waals surface area contributed by atoms with Gasteiger partial charge in [-0.05, 0) is 59.9 Å². The van der Waals surface area contributed by atoms with Crippen LogP contribution in [0.4, 0.5) is 0 Å². The zero-order chi connectivity index (χ0) is 24.8. The largest absolute Gasteiger partial charge is 0.512 e. The number of aliphatic hydroxyl groups is 1. The standard InChI is InChI=1S/C30H28O6/c31-21-5-1-17(2-6-21)26-16-36-29-14-23(33)8-9-24(29)30(26)25-12-18(4-10-27(25)34)20-11-19-3-7-22(32)13-28(19)35-15-20/h1-10,13-14,20,25-26,30-34H,11-12,15-16H2. The van der Waals surface area contributed by atoms with Crippen molar-refractivity contribution in [1.29, 1.82) is 0 Å². The van der Waals surface area contributed by atoms with Crippen LogP contribution in [0.2, 0.25) is 0 Å². The Morgan fingerprint density at radius 2 is 1.33 bits per heavy atom. The maximum atomic E-state index is 11.1. The third kappa shape index (κ3) is 4.02. The van der Waals surface area contributed by atoms with Crippen molar-refractivity contribution in [2.75, 3.05) is 13.2 Å². The maximum absolute atomic E-state index is 11.1. The molecule has 0 radical (unpaired) electrons. The number of hydrogen-bond acceptors (Lipinski definition) is 6. The van der Waals surface area contributed by atoms with Gasteiger partial charge in [-0.15, -0.1) is 0 Å². The molecule has 0 saturated heterocycles. The summed E-state index contributed by atoms with van der Waals surface area (Å²) >= 11 is 0. The minimum Gasteiger partial charge on any atom is -0.512 e. The predicted octanol–water partition coefficient (Wildman–Crippen LogP) is 5.70. The Balaban J connectivity index is 1.34. The first-order chi connectivity index (χ1) is 17.5. The average molecular weight is 485 g/mol. The van der Waals surface area contributed by atoms with Gasteiger partial charge in [-0.3, -0.25) is 0 Å². The van der Waals surface area contributed by atoms with Crippen LogP contribution in [-0.2, 0) is 6.42 Å². The SMILES string of the molecule is OC1=CC=C(C2COc3cc(O)ccc3C2)CC1C1c2ccc(O)cc2OCC1c1ccc(O)cc1. The molecule has 36 heavy (non-hydrogen) atoms. The molecule has 3 aromatic rings. The molecule has 3 aliphatic rings. The lowest BCUT2D eigenvalue weighted by Crippen LogP contribution is -2.33. The summed E-state index contributed by atoms with van der Waals surface area (Å²) in [4.78, 5) is 0. The number of phenols is 3. The molecule has 0 spiro atoms. The number of fused-ring (bicyclic) bond motifs is 2. The summed E-state index contributed by atoms with van der Waals surface area (Å²) in [5.74, 6) is 2.07. The van der Waals surface area contributed by atoms with Gasteiger partial charge in [0.15, 0.2) is 0 Å². The van der Waals surface area contributed by atoms with Crippen molar-refractivity contribution in [2.45, 2.75) is 24.7 Å². The van der Waals surface area contributed by atoms with E-state index in [1.165, 1.54) is 5.57 Å². The molecule has 0 aromatic heterocycles. The summed E-state index contributed by atoms with van der Waals surface area (Å²) in [5, 5.41) is 40.8. The Labute approximate surface area is 209 Å². The molecule has 4 atom stereocenters. The zero-order valence-corrected chi connectivity index (χ0v) is 19.7. The first-order valence-electron chi connectivity index (χ1n) is 12.2. The third-order valence-corrected chi connectivity index (χ3v) is 7.75. The number of aromatic hydroxyl groups is 3. The Bertz CT molecular complexity index is 1360. The smallest absolute Gasteiger partial charge is 0.126 e. The summed E-state index contributed by atoms with van der Waals surface area (Å²) in [7, 11) is 0. The van der Waals surface area contributed by atoms with Crippen LogP contribution in [-0.4, -0.2) is 33.6 Å². The Morgan fingerprint density at radius 1 is 0.639 bits per heavy atom. The van der Waals surface area contributed by atoms with E-state index in [2.05, 4.69) is 0 Å². The molecule has 2 heterocycles. The number of ether oxygens (including phenoxy) is 2. The molecule has 0 bridgehead atoms. The highest BCUT2D eigenvalue weighted by molar-refractivity contribution is 5.48. The number of benzene rings is 3. The summed E-state index contributed by atoms with van der Waals surface area (Å²) in [6.07, 6.45) is 5.29. The molecule has 0 fully saturated rings. The van der Waals surface area contributed by atoms with Crippen molar-refractivity contribution < 1.29 is 29.9 Å². The molecule has 0 saturated carbocycles. The lowest BCUT2D eigenvalue weighted by Gasteiger charge is -2.41. The van der Waals surface area contributed by atoms with Crippen molar-refractivity contribution in [3.05, 3.63) is 101 Å². The second-order valence-corrected chi connectivity index (χ2v) is 9.90. The van der Waals surface area contributed by atoms with Crippen LogP contribution in [0.5, 0.6) is 28.7 Å². The van der Waals surface area contributed by atoms with Crippen LogP contribution in [0.25, 0.3) is 0 Å². The molecule has 2 aliphatic heterocycles. The highest BCUT2D eigenvalue weighted by atomic mass is 16.5. The lowest BCUT2D eigenvalue weighted by molar-refractivity contribution is 0.185. The van der Waals surface area contributed by atoms with Crippen molar-refractivity contribution in [1.82, 2.24) is 0 Å². The van der Waals surface area contributed by atoms with E-state index in [1.807, 2.05) is 30.3 Å². The van der Waals surface area contributed by atoms with Gasteiger partial charge in [-0.1, -0.05) is 35.9 Å². The fourth-order valence-corrected chi connectivity index (χ4v) is 5.90. The van der Waals surface area contributed by atoms with E-state index < -0.39 is 0 Å². The molecule has 0 amide bonds. The fraction of sp³-hybridized carbons (Fsp3) is 0.267. The van der Waals surface area contributed by atoms with E-state index in [0.717, 1.165) is 28.9 Å². The van der Waals surface area contributed by atoms with E-state index in [4.69, 9.17) is 9.47 Å². The van der Waals surface area contributed by atoms with Gasteiger partial charge >= 0.3 is 0 Å². The minimum atomic E-state index is -0.183. The third-order valence-electron chi connectivity index (χ3n) is 7.75. The molecule has 4 unspecified atom stereocenters. The van der Waals surface area contributed by atoms with Crippen LogP contribution in [0.15, 0.2) is 84.1 Å². The first-order valence-corrected chi connectivity index (χ1v) is 12.2. The molecule has 6 heteroatoms. The van der Waals surface area contributed by atoms with E-state index >= 15 is 0 Å². The zero-order valence-electron chi connectivity index (χ0n) is 19.7. The van der Waals surface area contributed by atoms with Crippen LogP contribution in [0, 0.1) is 11.8 Å². The lowest BCUT2D eigenvalue weighted by atomic mass is 9.68. The molecule has 1 aliphatic carbocycles. The van der Waals surface area contributed by atoms with E-state index in [9.17, 15) is 20.4 Å². The molecule has 6 rings (SSSR count). The van der Waals surface area contributed by atoms with Gasteiger partial charge in [0, 0.05) is 35.8 Å². The van der Waals surface area contributed by atoms with Crippen LogP contribution < -0.4 is 9.47 Å². The van der Waals surface area contributed by atoms with Crippen LogP contribution in [0.3, 0.4) is 0 Å². The van der Waals surface area contributed by atoms with Crippen LogP contribution >= 0.6 is 0 Å². The number of hydrogen-bond donors (Lipinski definition) is 4. The van der Waals surface area contributed by atoms with E-state index in [-0.39, 0.29) is 40.9 Å². The van der Waals surface area contributed by atoms with Gasteiger partial charge in [0.05, 0.1) is 19.0 Å². The highest BCUT2D eigenvalue weighted by Crippen LogP contribution is 2.52.